The van der Waals surface area contributed by atoms with E-state index in [1.54, 1.807) is 0 Å². The molecule has 0 bridgehead atoms. The second kappa shape index (κ2) is 6.86. The largest absolute Gasteiger partial charge is 0.468 e. The lowest BCUT2D eigenvalue weighted by molar-refractivity contribution is -0.143. The van der Waals surface area contributed by atoms with Crippen molar-refractivity contribution in [3.63, 3.8) is 0 Å². The maximum absolute atomic E-state index is 11.7. The molecule has 3 nitrogen and oxygen atoms in total. The Morgan fingerprint density at radius 3 is 2.53 bits per heavy atom. The number of rotatable bonds is 5. The van der Waals surface area contributed by atoms with Gasteiger partial charge >= 0.3 is 5.97 Å². The Hall–Kier alpha value is -1.61. The molecule has 17 heavy (non-hydrogen) atoms. The van der Waals surface area contributed by atoms with Gasteiger partial charge in [-0.1, -0.05) is 42.0 Å². The zero-order valence-electron chi connectivity index (χ0n) is 10.6. The molecule has 0 amide bonds. The number of allylic oxidation sites excluding steroid dienone is 1. The fourth-order valence-electron chi connectivity index (χ4n) is 1.48. The summed E-state index contributed by atoms with van der Waals surface area (Å²) < 4.78 is 4.80. The summed E-state index contributed by atoms with van der Waals surface area (Å²) in [6.45, 7) is 4.70. The molecule has 0 fully saturated rings. The minimum atomic E-state index is -0.406. The third-order valence-electron chi connectivity index (χ3n) is 2.40. The van der Waals surface area contributed by atoms with E-state index in [-0.39, 0.29) is 5.97 Å². The van der Waals surface area contributed by atoms with E-state index in [1.165, 1.54) is 12.7 Å². The lowest BCUT2D eigenvalue weighted by Crippen LogP contribution is -2.29. The second-order valence-electron chi connectivity index (χ2n) is 4.06. The van der Waals surface area contributed by atoms with Gasteiger partial charge < -0.3 is 4.74 Å². The van der Waals surface area contributed by atoms with Gasteiger partial charge in [-0.05, 0) is 19.4 Å². The average molecular weight is 233 g/mol. The summed E-state index contributed by atoms with van der Waals surface area (Å²) in [4.78, 5) is 11.7. The SMILES string of the molecule is COC(=O)C(NCC=C(C)C)c1ccccc1. The molecule has 1 aromatic rings. The minimum absolute atomic E-state index is 0.265. The lowest BCUT2D eigenvalue weighted by Gasteiger charge is -2.15. The van der Waals surface area contributed by atoms with Crippen LogP contribution in [0.25, 0.3) is 0 Å². The van der Waals surface area contributed by atoms with Crippen molar-refractivity contribution >= 4 is 5.97 Å². The average Bonchev–Trinajstić information content (AvgIpc) is 2.34. The van der Waals surface area contributed by atoms with Crippen LogP contribution in [0.15, 0.2) is 42.0 Å². The van der Waals surface area contributed by atoms with Gasteiger partial charge in [-0.3, -0.25) is 5.32 Å². The summed E-state index contributed by atoms with van der Waals surface area (Å²) in [5.41, 5.74) is 2.13. The molecule has 1 N–H and O–H groups in total. The molecular weight excluding hydrogens is 214 g/mol. The van der Waals surface area contributed by atoms with Crippen molar-refractivity contribution in [2.45, 2.75) is 19.9 Å². The first-order chi connectivity index (χ1) is 8.15. The monoisotopic (exact) mass is 233 g/mol. The van der Waals surface area contributed by atoms with E-state index in [4.69, 9.17) is 4.74 Å². The Labute approximate surface area is 102 Å². The van der Waals surface area contributed by atoms with Crippen LogP contribution in [0, 0.1) is 0 Å². The first-order valence-corrected chi connectivity index (χ1v) is 5.64. The van der Waals surface area contributed by atoms with E-state index < -0.39 is 6.04 Å². The molecule has 0 aromatic heterocycles. The van der Waals surface area contributed by atoms with Crippen LogP contribution in [0.1, 0.15) is 25.5 Å². The van der Waals surface area contributed by atoms with Crippen LogP contribution >= 0.6 is 0 Å². The van der Waals surface area contributed by atoms with Gasteiger partial charge in [0.15, 0.2) is 0 Å². The van der Waals surface area contributed by atoms with E-state index >= 15 is 0 Å². The molecule has 1 aromatic carbocycles. The zero-order chi connectivity index (χ0) is 12.7. The number of hydrogen-bond donors (Lipinski definition) is 1. The Kier molecular flexibility index (Phi) is 5.43. The van der Waals surface area contributed by atoms with Crippen molar-refractivity contribution < 1.29 is 9.53 Å². The summed E-state index contributed by atoms with van der Waals surface area (Å²) in [5.74, 6) is -0.265. The van der Waals surface area contributed by atoms with Crippen LogP contribution in [-0.4, -0.2) is 19.6 Å². The predicted molar refractivity (Wildman–Crippen MR) is 68.6 cm³/mol. The second-order valence-corrected chi connectivity index (χ2v) is 4.06. The normalized spacial score (nSPS) is 11.7. The molecule has 3 heteroatoms. The van der Waals surface area contributed by atoms with Crippen LogP contribution in [0.4, 0.5) is 0 Å². The van der Waals surface area contributed by atoms with Gasteiger partial charge in [0, 0.05) is 6.54 Å². The molecule has 0 heterocycles. The summed E-state index contributed by atoms with van der Waals surface area (Å²) in [7, 11) is 1.40. The van der Waals surface area contributed by atoms with Gasteiger partial charge in [0.25, 0.3) is 0 Å². The number of hydrogen-bond acceptors (Lipinski definition) is 3. The fraction of sp³-hybridized carbons (Fsp3) is 0.357. The highest BCUT2D eigenvalue weighted by molar-refractivity contribution is 5.77. The third kappa shape index (κ3) is 4.41. The maximum atomic E-state index is 11.7. The first kappa shape index (κ1) is 13.5. The van der Waals surface area contributed by atoms with Crippen LogP contribution < -0.4 is 5.32 Å². The summed E-state index contributed by atoms with van der Waals surface area (Å²) in [6, 6.07) is 9.17. The minimum Gasteiger partial charge on any atom is -0.468 e. The standard InChI is InChI=1S/C14H19NO2/c1-11(2)9-10-15-13(14(16)17-3)12-7-5-4-6-8-12/h4-9,13,15H,10H2,1-3H3. The van der Waals surface area contributed by atoms with E-state index in [2.05, 4.69) is 5.32 Å². The number of esters is 1. The van der Waals surface area contributed by atoms with Crippen molar-refractivity contribution in [2.75, 3.05) is 13.7 Å². The predicted octanol–water partition coefficient (Wildman–Crippen LogP) is 2.46. The Bertz CT molecular complexity index is 380. The summed E-state index contributed by atoms with van der Waals surface area (Å²) in [5, 5.41) is 3.17. The number of benzene rings is 1. The highest BCUT2D eigenvalue weighted by Gasteiger charge is 2.19. The summed E-state index contributed by atoms with van der Waals surface area (Å²) >= 11 is 0. The van der Waals surface area contributed by atoms with Crippen molar-refractivity contribution in [2.24, 2.45) is 0 Å². The van der Waals surface area contributed by atoms with Gasteiger partial charge in [-0.25, -0.2) is 4.79 Å². The Morgan fingerprint density at radius 1 is 1.35 bits per heavy atom. The van der Waals surface area contributed by atoms with Gasteiger partial charge in [0.2, 0.25) is 0 Å². The van der Waals surface area contributed by atoms with Crippen molar-refractivity contribution in [3.05, 3.63) is 47.5 Å². The third-order valence-corrected chi connectivity index (χ3v) is 2.40. The Morgan fingerprint density at radius 2 is 2.00 bits per heavy atom. The fourth-order valence-corrected chi connectivity index (χ4v) is 1.48. The summed E-state index contributed by atoms with van der Waals surface area (Å²) in [6.07, 6.45) is 2.04. The van der Waals surface area contributed by atoms with Crippen molar-refractivity contribution in [1.82, 2.24) is 5.32 Å². The van der Waals surface area contributed by atoms with Gasteiger partial charge in [0.1, 0.15) is 6.04 Å². The molecule has 0 aliphatic heterocycles. The maximum Gasteiger partial charge on any atom is 0.327 e. The highest BCUT2D eigenvalue weighted by atomic mass is 16.5. The van der Waals surface area contributed by atoms with E-state index in [1.807, 2.05) is 50.3 Å². The van der Waals surface area contributed by atoms with Crippen LogP contribution in [-0.2, 0) is 9.53 Å². The van der Waals surface area contributed by atoms with Crippen LogP contribution in [0.2, 0.25) is 0 Å². The number of carbonyl (C=O) groups excluding carboxylic acids is 1. The van der Waals surface area contributed by atoms with Crippen molar-refractivity contribution in [1.29, 1.82) is 0 Å². The molecule has 1 unspecified atom stereocenters. The molecule has 0 saturated carbocycles. The molecule has 1 rings (SSSR count). The lowest BCUT2D eigenvalue weighted by atomic mass is 10.1. The smallest absolute Gasteiger partial charge is 0.327 e. The molecule has 1 atom stereocenters. The molecule has 0 saturated heterocycles. The zero-order valence-corrected chi connectivity index (χ0v) is 10.6. The van der Waals surface area contributed by atoms with E-state index in [0.29, 0.717) is 6.54 Å². The van der Waals surface area contributed by atoms with Crippen LogP contribution in [0.5, 0.6) is 0 Å². The molecule has 0 spiro atoms. The molecular formula is C14H19NO2. The molecule has 0 radical (unpaired) electrons. The first-order valence-electron chi connectivity index (χ1n) is 5.64. The molecule has 0 aliphatic rings. The van der Waals surface area contributed by atoms with Crippen molar-refractivity contribution in [3.8, 4) is 0 Å². The number of nitrogens with one attached hydrogen (secondary N) is 1. The van der Waals surface area contributed by atoms with Crippen LogP contribution in [0.3, 0.4) is 0 Å². The Balaban J connectivity index is 2.75. The van der Waals surface area contributed by atoms with E-state index in [9.17, 15) is 4.79 Å². The van der Waals surface area contributed by atoms with Gasteiger partial charge in [0.05, 0.1) is 7.11 Å². The van der Waals surface area contributed by atoms with Gasteiger partial charge in [-0.2, -0.15) is 0 Å². The molecule has 92 valence electrons. The number of ether oxygens (including phenoxy) is 1. The molecule has 0 aliphatic carbocycles. The number of methoxy groups -OCH3 is 1. The van der Waals surface area contributed by atoms with Gasteiger partial charge in [-0.15, -0.1) is 0 Å². The highest BCUT2D eigenvalue weighted by Crippen LogP contribution is 2.13. The quantitative estimate of drug-likeness (QED) is 0.627. The van der Waals surface area contributed by atoms with E-state index in [0.717, 1.165) is 5.56 Å². The topological polar surface area (TPSA) is 38.3 Å². The number of carbonyl (C=O) groups is 1.